The van der Waals surface area contributed by atoms with Gasteiger partial charge in [-0.15, -0.1) is 0 Å². The number of pyridine rings is 1. The Morgan fingerprint density at radius 1 is 1.00 bits per heavy atom. The van der Waals surface area contributed by atoms with E-state index in [1.165, 1.54) is 12.1 Å². The van der Waals surface area contributed by atoms with Gasteiger partial charge in [-0.1, -0.05) is 11.6 Å². The van der Waals surface area contributed by atoms with Gasteiger partial charge in [-0.25, -0.2) is 28.7 Å². The standard InChI is InChI=1S/C24H20ClF2N5O/c1-12-9-14(5-7-28-12)18-10-15(6-8-33-18)23-31-21(16-3-4-17(25)20(27)19(16)26)22-24(32-23)30-13(2)11-29-22/h3-5,7,9,11,15,18H,6,8,10H2,1-2H3/t15-,18-/m1/s1. The Morgan fingerprint density at radius 3 is 2.67 bits per heavy atom. The highest BCUT2D eigenvalue weighted by atomic mass is 35.5. The van der Waals surface area contributed by atoms with Crippen LogP contribution in [0.4, 0.5) is 8.78 Å². The van der Waals surface area contributed by atoms with E-state index in [9.17, 15) is 8.78 Å². The maximum atomic E-state index is 14.9. The zero-order valence-corrected chi connectivity index (χ0v) is 18.8. The van der Waals surface area contributed by atoms with E-state index in [1.54, 1.807) is 19.3 Å². The van der Waals surface area contributed by atoms with Gasteiger partial charge in [0.25, 0.3) is 0 Å². The molecule has 0 unspecified atom stereocenters. The Labute approximate surface area is 194 Å². The number of halogens is 3. The van der Waals surface area contributed by atoms with Crippen LogP contribution in [0.2, 0.25) is 5.02 Å². The molecule has 4 heterocycles. The summed E-state index contributed by atoms with van der Waals surface area (Å²) in [5.41, 5.74) is 3.42. The Balaban J connectivity index is 1.61. The van der Waals surface area contributed by atoms with Crippen LogP contribution in [0.15, 0.2) is 36.7 Å². The number of benzene rings is 1. The van der Waals surface area contributed by atoms with Crippen molar-refractivity contribution in [2.45, 2.75) is 38.7 Å². The predicted molar refractivity (Wildman–Crippen MR) is 120 cm³/mol. The van der Waals surface area contributed by atoms with Crippen LogP contribution >= 0.6 is 11.6 Å². The number of hydrogen-bond donors (Lipinski definition) is 0. The third kappa shape index (κ3) is 4.16. The van der Waals surface area contributed by atoms with Crippen LogP contribution in [0.1, 0.15) is 47.6 Å². The third-order valence-corrected chi connectivity index (χ3v) is 6.07. The molecule has 1 fully saturated rings. The smallest absolute Gasteiger partial charge is 0.182 e. The van der Waals surface area contributed by atoms with Crippen LogP contribution in [0.5, 0.6) is 0 Å². The van der Waals surface area contributed by atoms with Crippen molar-refractivity contribution in [1.29, 1.82) is 0 Å². The molecular formula is C24H20ClF2N5O. The average Bonchev–Trinajstić information content (AvgIpc) is 2.82. The Morgan fingerprint density at radius 2 is 1.85 bits per heavy atom. The first kappa shape index (κ1) is 21.7. The average molecular weight is 468 g/mol. The number of hydrogen-bond acceptors (Lipinski definition) is 6. The van der Waals surface area contributed by atoms with Crippen molar-refractivity contribution in [2.24, 2.45) is 0 Å². The highest BCUT2D eigenvalue weighted by Gasteiger charge is 2.29. The van der Waals surface area contributed by atoms with Gasteiger partial charge in [0.05, 0.1) is 16.8 Å². The Hall–Kier alpha value is -3.10. The van der Waals surface area contributed by atoms with Crippen molar-refractivity contribution in [3.8, 4) is 11.3 Å². The van der Waals surface area contributed by atoms with Crippen molar-refractivity contribution in [1.82, 2.24) is 24.9 Å². The fourth-order valence-electron chi connectivity index (χ4n) is 4.12. The summed E-state index contributed by atoms with van der Waals surface area (Å²) in [6.45, 7) is 4.26. The van der Waals surface area contributed by atoms with E-state index in [1.807, 2.05) is 19.1 Å². The normalized spacial score (nSPS) is 18.6. The molecule has 9 heteroatoms. The molecule has 0 saturated carbocycles. The van der Waals surface area contributed by atoms with E-state index in [0.717, 1.165) is 11.3 Å². The minimum Gasteiger partial charge on any atom is -0.373 e. The second kappa shape index (κ2) is 8.68. The number of aromatic nitrogens is 5. The van der Waals surface area contributed by atoms with Crippen molar-refractivity contribution >= 4 is 22.8 Å². The lowest BCUT2D eigenvalue weighted by Crippen LogP contribution is -2.21. The number of aryl methyl sites for hydroxylation is 2. The first-order chi connectivity index (χ1) is 15.9. The van der Waals surface area contributed by atoms with Crippen LogP contribution in [0.25, 0.3) is 22.4 Å². The van der Waals surface area contributed by atoms with Gasteiger partial charge in [-0.05, 0) is 56.5 Å². The quantitative estimate of drug-likeness (QED) is 0.362. The van der Waals surface area contributed by atoms with Crippen molar-refractivity contribution in [3.05, 3.63) is 76.1 Å². The van der Waals surface area contributed by atoms with Gasteiger partial charge in [-0.3, -0.25) is 4.98 Å². The molecule has 33 heavy (non-hydrogen) atoms. The number of rotatable bonds is 3. The van der Waals surface area contributed by atoms with Crippen molar-refractivity contribution in [3.63, 3.8) is 0 Å². The Kier molecular flexibility index (Phi) is 5.72. The van der Waals surface area contributed by atoms with Crippen LogP contribution in [0, 0.1) is 25.5 Å². The summed E-state index contributed by atoms with van der Waals surface area (Å²) < 4.78 is 35.1. The topological polar surface area (TPSA) is 73.7 Å². The van der Waals surface area contributed by atoms with Gasteiger partial charge in [0, 0.05) is 36.2 Å². The molecule has 0 radical (unpaired) electrons. The van der Waals surface area contributed by atoms with Gasteiger partial charge in [0.1, 0.15) is 17.0 Å². The molecule has 2 atom stereocenters. The second-order valence-electron chi connectivity index (χ2n) is 8.15. The number of ether oxygens (including phenoxy) is 1. The molecule has 0 aliphatic carbocycles. The Bertz CT molecular complexity index is 1370. The second-order valence-corrected chi connectivity index (χ2v) is 8.56. The van der Waals surface area contributed by atoms with Crippen molar-refractivity contribution in [2.75, 3.05) is 6.61 Å². The maximum Gasteiger partial charge on any atom is 0.182 e. The summed E-state index contributed by atoms with van der Waals surface area (Å²) in [6, 6.07) is 6.65. The van der Waals surface area contributed by atoms with E-state index >= 15 is 0 Å². The minimum absolute atomic E-state index is 0.0305. The third-order valence-electron chi connectivity index (χ3n) is 5.78. The summed E-state index contributed by atoms with van der Waals surface area (Å²) in [5, 5.41) is -0.295. The lowest BCUT2D eigenvalue weighted by Gasteiger charge is -2.29. The molecule has 6 nitrogen and oxygen atoms in total. The van der Waals surface area contributed by atoms with Crippen LogP contribution in [-0.2, 0) is 4.74 Å². The molecule has 0 bridgehead atoms. The molecule has 1 saturated heterocycles. The highest BCUT2D eigenvalue weighted by Crippen LogP contribution is 2.38. The van der Waals surface area contributed by atoms with Gasteiger partial charge in [-0.2, -0.15) is 0 Å². The number of nitrogens with zero attached hydrogens (tertiary/aromatic N) is 5. The summed E-state index contributed by atoms with van der Waals surface area (Å²) in [5.74, 6) is -1.75. The predicted octanol–water partition coefficient (Wildman–Crippen LogP) is 5.67. The first-order valence-electron chi connectivity index (χ1n) is 10.6. The van der Waals surface area contributed by atoms with Gasteiger partial charge in [0.2, 0.25) is 0 Å². The molecule has 3 aromatic heterocycles. The summed E-state index contributed by atoms with van der Waals surface area (Å²) >= 11 is 5.76. The fourth-order valence-corrected chi connectivity index (χ4v) is 4.27. The molecule has 0 spiro atoms. The lowest BCUT2D eigenvalue weighted by atomic mass is 9.91. The van der Waals surface area contributed by atoms with E-state index in [2.05, 4.69) is 24.9 Å². The van der Waals surface area contributed by atoms with E-state index in [4.69, 9.17) is 16.3 Å². The van der Waals surface area contributed by atoms with Crippen LogP contribution in [0.3, 0.4) is 0 Å². The van der Waals surface area contributed by atoms with Crippen LogP contribution in [-0.4, -0.2) is 31.5 Å². The molecule has 1 aliphatic rings. The molecule has 0 amide bonds. The molecular weight excluding hydrogens is 448 g/mol. The largest absolute Gasteiger partial charge is 0.373 e. The van der Waals surface area contributed by atoms with Crippen molar-refractivity contribution < 1.29 is 13.5 Å². The molecule has 5 rings (SSSR count). The minimum atomic E-state index is -1.12. The molecule has 1 aliphatic heterocycles. The summed E-state index contributed by atoms with van der Waals surface area (Å²) in [4.78, 5) is 22.4. The van der Waals surface area contributed by atoms with E-state index < -0.39 is 11.6 Å². The monoisotopic (exact) mass is 467 g/mol. The first-order valence-corrected chi connectivity index (χ1v) is 11.0. The maximum absolute atomic E-state index is 14.9. The van der Waals surface area contributed by atoms with Gasteiger partial charge in [0.15, 0.2) is 17.3 Å². The lowest BCUT2D eigenvalue weighted by molar-refractivity contribution is 0.00393. The molecule has 1 aromatic carbocycles. The van der Waals surface area contributed by atoms with Gasteiger partial charge < -0.3 is 4.74 Å². The summed E-state index contributed by atoms with van der Waals surface area (Å²) in [7, 11) is 0. The van der Waals surface area contributed by atoms with E-state index in [-0.39, 0.29) is 28.3 Å². The van der Waals surface area contributed by atoms with E-state index in [0.29, 0.717) is 42.1 Å². The molecule has 168 valence electrons. The zero-order chi connectivity index (χ0) is 23.1. The number of fused-ring (bicyclic) bond motifs is 1. The SMILES string of the molecule is Cc1cc([C@H]2C[C@H](c3nc(-c4ccc(Cl)c(F)c4F)c4ncc(C)nc4n3)CCO2)ccn1. The van der Waals surface area contributed by atoms with Crippen LogP contribution < -0.4 is 0 Å². The fraction of sp³-hybridized carbons (Fsp3) is 0.292. The zero-order valence-electron chi connectivity index (χ0n) is 18.0. The summed E-state index contributed by atoms with van der Waals surface area (Å²) in [6.07, 6.45) is 4.52. The van der Waals surface area contributed by atoms with Gasteiger partial charge >= 0.3 is 0 Å². The molecule has 0 N–H and O–H groups in total. The molecule has 4 aromatic rings. The highest BCUT2D eigenvalue weighted by molar-refractivity contribution is 6.30.